The molecule has 0 spiro atoms. The van der Waals surface area contributed by atoms with E-state index >= 15 is 0 Å². The molecule has 3 heteroatoms. The first kappa shape index (κ1) is 7.80. The summed E-state index contributed by atoms with van der Waals surface area (Å²) in [5.41, 5.74) is 2.30. The lowest BCUT2D eigenvalue weighted by molar-refractivity contribution is 0.390. The van der Waals surface area contributed by atoms with Crippen molar-refractivity contribution in [3.05, 3.63) is 17.5 Å². The molecule has 0 N–H and O–H groups in total. The van der Waals surface area contributed by atoms with E-state index in [-0.39, 0.29) is 0 Å². The van der Waals surface area contributed by atoms with Gasteiger partial charge in [-0.25, -0.2) is 0 Å². The number of epoxide rings is 1. The van der Waals surface area contributed by atoms with Gasteiger partial charge in [-0.3, -0.25) is 4.68 Å². The van der Waals surface area contributed by atoms with E-state index < -0.39 is 0 Å². The van der Waals surface area contributed by atoms with E-state index in [1.807, 2.05) is 11.6 Å². The molecule has 0 amide bonds. The molecule has 1 unspecified atom stereocenters. The zero-order chi connectivity index (χ0) is 8.72. The maximum atomic E-state index is 5.24. The summed E-state index contributed by atoms with van der Waals surface area (Å²) < 4.78 is 7.29. The fourth-order valence-electron chi connectivity index (χ4n) is 1.41. The first-order valence-electron chi connectivity index (χ1n) is 4.36. The smallest absolute Gasteiger partial charge is 0.123 e. The van der Waals surface area contributed by atoms with Gasteiger partial charge in [0.2, 0.25) is 0 Å². The minimum Gasteiger partial charge on any atom is -0.366 e. The Morgan fingerprint density at radius 1 is 1.67 bits per heavy atom. The van der Waals surface area contributed by atoms with Crippen molar-refractivity contribution in [1.29, 1.82) is 0 Å². The van der Waals surface area contributed by atoms with E-state index in [2.05, 4.69) is 25.0 Å². The average Bonchev–Trinajstić information content (AvgIpc) is 2.75. The molecule has 0 bridgehead atoms. The molecule has 1 saturated heterocycles. The first-order chi connectivity index (χ1) is 5.68. The van der Waals surface area contributed by atoms with E-state index in [1.54, 1.807) is 0 Å². The summed E-state index contributed by atoms with van der Waals surface area (Å²) in [6.07, 6.45) is 0.314. The van der Waals surface area contributed by atoms with Crippen LogP contribution in [0, 0.1) is 6.92 Å². The molecule has 0 saturated carbocycles. The number of ether oxygens (including phenoxy) is 1. The molecule has 1 aliphatic rings. The Bertz CT molecular complexity index is 267. The second kappa shape index (κ2) is 2.59. The standard InChI is InChI=1S/C9H14N2O/c1-6(2)11-8(9-5-12-9)4-7(3)10-11/h4,6,9H,5H2,1-3H3. The molecular weight excluding hydrogens is 152 g/mol. The van der Waals surface area contributed by atoms with Crippen LogP contribution in [-0.4, -0.2) is 16.4 Å². The minimum absolute atomic E-state index is 0.314. The van der Waals surface area contributed by atoms with Crippen LogP contribution in [0.15, 0.2) is 6.07 Å². The lowest BCUT2D eigenvalue weighted by atomic mass is 10.3. The predicted octanol–water partition coefficient (Wildman–Crippen LogP) is 1.84. The van der Waals surface area contributed by atoms with E-state index in [1.165, 1.54) is 5.69 Å². The van der Waals surface area contributed by atoms with Gasteiger partial charge in [-0.2, -0.15) is 5.10 Å². The zero-order valence-corrected chi connectivity index (χ0v) is 7.74. The highest BCUT2D eigenvalue weighted by Gasteiger charge is 2.29. The molecular formula is C9H14N2O. The third-order valence-corrected chi connectivity index (χ3v) is 2.04. The molecule has 66 valence electrons. The zero-order valence-electron chi connectivity index (χ0n) is 7.74. The van der Waals surface area contributed by atoms with Gasteiger partial charge in [0.15, 0.2) is 0 Å². The Hall–Kier alpha value is -0.830. The molecule has 1 aliphatic heterocycles. The second-order valence-corrected chi connectivity index (χ2v) is 3.57. The fraction of sp³-hybridized carbons (Fsp3) is 0.667. The van der Waals surface area contributed by atoms with Crippen LogP contribution in [0.3, 0.4) is 0 Å². The van der Waals surface area contributed by atoms with Crippen molar-refractivity contribution in [1.82, 2.24) is 9.78 Å². The van der Waals surface area contributed by atoms with Gasteiger partial charge in [-0.15, -0.1) is 0 Å². The summed E-state index contributed by atoms with van der Waals surface area (Å²) in [5.74, 6) is 0. The summed E-state index contributed by atoms with van der Waals surface area (Å²) in [6.45, 7) is 7.15. The number of nitrogens with zero attached hydrogens (tertiary/aromatic N) is 2. The van der Waals surface area contributed by atoms with E-state index in [0.717, 1.165) is 12.3 Å². The van der Waals surface area contributed by atoms with Crippen molar-refractivity contribution in [2.24, 2.45) is 0 Å². The quantitative estimate of drug-likeness (QED) is 0.627. The van der Waals surface area contributed by atoms with Crippen molar-refractivity contribution in [3.8, 4) is 0 Å². The van der Waals surface area contributed by atoms with Gasteiger partial charge in [-0.05, 0) is 26.8 Å². The largest absolute Gasteiger partial charge is 0.366 e. The van der Waals surface area contributed by atoms with Gasteiger partial charge in [0.05, 0.1) is 18.0 Å². The van der Waals surface area contributed by atoms with Crippen molar-refractivity contribution in [3.63, 3.8) is 0 Å². The summed E-state index contributed by atoms with van der Waals surface area (Å²) in [7, 11) is 0. The summed E-state index contributed by atoms with van der Waals surface area (Å²) >= 11 is 0. The number of aryl methyl sites for hydroxylation is 1. The van der Waals surface area contributed by atoms with Crippen LogP contribution in [0.25, 0.3) is 0 Å². The summed E-state index contributed by atoms with van der Waals surface area (Å²) in [4.78, 5) is 0. The number of aromatic nitrogens is 2. The normalized spacial score (nSPS) is 21.8. The molecule has 1 aromatic heterocycles. The SMILES string of the molecule is Cc1cc(C2CO2)n(C(C)C)n1. The Kier molecular flexibility index (Phi) is 1.68. The lowest BCUT2D eigenvalue weighted by Crippen LogP contribution is -2.06. The highest BCUT2D eigenvalue weighted by atomic mass is 16.6. The van der Waals surface area contributed by atoms with Gasteiger partial charge in [0.1, 0.15) is 6.10 Å². The third kappa shape index (κ3) is 1.25. The van der Waals surface area contributed by atoms with Gasteiger partial charge in [0, 0.05) is 6.04 Å². The Labute approximate surface area is 72.3 Å². The van der Waals surface area contributed by atoms with Gasteiger partial charge < -0.3 is 4.74 Å². The maximum Gasteiger partial charge on any atom is 0.123 e. The van der Waals surface area contributed by atoms with Crippen molar-refractivity contribution < 1.29 is 4.74 Å². The molecule has 0 radical (unpaired) electrons. The number of hydrogen-bond acceptors (Lipinski definition) is 2. The van der Waals surface area contributed by atoms with Crippen LogP contribution in [0.1, 0.15) is 37.4 Å². The van der Waals surface area contributed by atoms with Crippen LogP contribution >= 0.6 is 0 Å². The van der Waals surface area contributed by atoms with Crippen LogP contribution in [-0.2, 0) is 4.74 Å². The topological polar surface area (TPSA) is 30.4 Å². The fourth-order valence-corrected chi connectivity index (χ4v) is 1.41. The Morgan fingerprint density at radius 2 is 2.33 bits per heavy atom. The third-order valence-electron chi connectivity index (χ3n) is 2.04. The van der Waals surface area contributed by atoms with E-state index in [0.29, 0.717) is 12.1 Å². The highest BCUT2D eigenvalue weighted by Crippen LogP contribution is 2.31. The van der Waals surface area contributed by atoms with Gasteiger partial charge in [-0.1, -0.05) is 0 Å². The first-order valence-corrected chi connectivity index (χ1v) is 4.36. The molecule has 0 aromatic carbocycles. The van der Waals surface area contributed by atoms with Crippen molar-refractivity contribution >= 4 is 0 Å². The van der Waals surface area contributed by atoms with E-state index in [9.17, 15) is 0 Å². The maximum absolute atomic E-state index is 5.24. The van der Waals surface area contributed by atoms with E-state index in [4.69, 9.17) is 4.74 Å². The van der Waals surface area contributed by atoms with Crippen LogP contribution in [0.5, 0.6) is 0 Å². The van der Waals surface area contributed by atoms with Crippen molar-refractivity contribution in [2.45, 2.75) is 32.9 Å². The summed E-state index contributed by atoms with van der Waals surface area (Å²) in [6, 6.07) is 2.54. The second-order valence-electron chi connectivity index (χ2n) is 3.57. The molecule has 2 rings (SSSR count). The molecule has 1 aromatic rings. The molecule has 0 aliphatic carbocycles. The monoisotopic (exact) mass is 166 g/mol. The predicted molar refractivity (Wildman–Crippen MR) is 46.0 cm³/mol. The average molecular weight is 166 g/mol. The molecule has 12 heavy (non-hydrogen) atoms. The Morgan fingerprint density at radius 3 is 2.83 bits per heavy atom. The molecule has 1 fully saturated rings. The molecule has 3 nitrogen and oxygen atoms in total. The van der Waals surface area contributed by atoms with Crippen LogP contribution in [0.2, 0.25) is 0 Å². The molecule has 1 atom stereocenters. The van der Waals surface area contributed by atoms with Crippen LogP contribution < -0.4 is 0 Å². The Balaban J connectivity index is 2.36. The van der Waals surface area contributed by atoms with Gasteiger partial charge >= 0.3 is 0 Å². The lowest BCUT2D eigenvalue weighted by Gasteiger charge is -2.08. The van der Waals surface area contributed by atoms with Gasteiger partial charge in [0.25, 0.3) is 0 Å². The molecule has 2 heterocycles. The van der Waals surface area contributed by atoms with Crippen LogP contribution in [0.4, 0.5) is 0 Å². The number of rotatable bonds is 2. The van der Waals surface area contributed by atoms with Crippen molar-refractivity contribution in [2.75, 3.05) is 6.61 Å². The number of hydrogen-bond donors (Lipinski definition) is 0. The summed E-state index contributed by atoms with van der Waals surface area (Å²) in [5, 5.41) is 4.41. The minimum atomic E-state index is 0.314. The highest BCUT2D eigenvalue weighted by molar-refractivity contribution is 5.15.